The van der Waals surface area contributed by atoms with Crippen molar-refractivity contribution < 1.29 is 0 Å². The molecule has 2 rings (SSSR count). The summed E-state index contributed by atoms with van der Waals surface area (Å²) >= 11 is 0. The van der Waals surface area contributed by atoms with Crippen LogP contribution >= 0.6 is 24.0 Å². The van der Waals surface area contributed by atoms with Crippen LogP contribution in [0.15, 0.2) is 23.2 Å². The predicted octanol–water partition coefficient (Wildman–Crippen LogP) is 2.87. The molecule has 4 heteroatoms. The van der Waals surface area contributed by atoms with Crippen LogP contribution in [0.5, 0.6) is 0 Å². The molecule has 0 spiro atoms. The lowest BCUT2D eigenvalue weighted by Gasteiger charge is -2.14. The number of hydrogen-bond acceptors (Lipinski definition) is 1. The maximum atomic E-state index is 4.21. The Kier molecular flexibility index (Phi) is 6.62. The fourth-order valence-electron chi connectivity index (χ4n) is 2.39. The van der Waals surface area contributed by atoms with Crippen LogP contribution in [-0.4, -0.2) is 19.0 Å². The standard InChI is InChI=1S/C15H23N3.HI/c1-11(2)18-15(16-3)17-10-12-7-8-13-5-4-6-14(13)9-12;/h7-9,11H,4-6,10H2,1-3H3,(H2,16,17,18);1H. The van der Waals surface area contributed by atoms with Gasteiger partial charge in [0.05, 0.1) is 0 Å². The highest BCUT2D eigenvalue weighted by atomic mass is 127. The van der Waals surface area contributed by atoms with Crippen molar-refractivity contribution in [3.63, 3.8) is 0 Å². The summed E-state index contributed by atoms with van der Waals surface area (Å²) in [5.74, 6) is 0.866. The molecule has 19 heavy (non-hydrogen) atoms. The van der Waals surface area contributed by atoms with Crippen molar-refractivity contribution in [2.24, 2.45) is 4.99 Å². The summed E-state index contributed by atoms with van der Waals surface area (Å²) < 4.78 is 0. The number of guanidine groups is 1. The third-order valence-electron chi connectivity index (χ3n) is 3.27. The van der Waals surface area contributed by atoms with Gasteiger partial charge < -0.3 is 10.6 Å². The average Bonchev–Trinajstić information content (AvgIpc) is 2.81. The van der Waals surface area contributed by atoms with Crippen LogP contribution in [-0.2, 0) is 19.4 Å². The summed E-state index contributed by atoms with van der Waals surface area (Å²) in [7, 11) is 1.81. The van der Waals surface area contributed by atoms with E-state index in [0.29, 0.717) is 6.04 Å². The maximum absolute atomic E-state index is 4.21. The van der Waals surface area contributed by atoms with Gasteiger partial charge in [-0.15, -0.1) is 24.0 Å². The van der Waals surface area contributed by atoms with Crippen LogP contribution in [0.25, 0.3) is 0 Å². The van der Waals surface area contributed by atoms with Gasteiger partial charge >= 0.3 is 0 Å². The van der Waals surface area contributed by atoms with E-state index >= 15 is 0 Å². The van der Waals surface area contributed by atoms with Gasteiger partial charge in [-0.3, -0.25) is 4.99 Å². The Balaban J connectivity index is 0.00000180. The highest BCUT2D eigenvalue weighted by molar-refractivity contribution is 14.0. The summed E-state index contributed by atoms with van der Waals surface area (Å²) in [6, 6.07) is 7.23. The Bertz CT molecular complexity index is 441. The first-order valence-electron chi connectivity index (χ1n) is 6.77. The SMILES string of the molecule is CN=C(NCc1ccc2c(c1)CCC2)NC(C)C.I. The second-order valence-corrected chi connectivity index (χ2v) is 5.18. The molecule has 1 aliphatic carbocycles. The van der Waals surface area contributed by atoms with Gasteiger partial charge in [-0.25, -0.2) is 0 Å². The minimum Gasteiger partial charge on any atom is -0.354 e. The van der Waals surface area contributed by atoms with Crippen LogP contribution in [0.2, 0.25) is 0 Å². The van der Waals surface area contributed by atoms with Crippen molar-refractivity contribution in [1.82, 2.24) is 10.6 Å². The van der Waals surface area contributed by atoms with Crippen LogP contribution in [0, 0.1) is 0 Å². The monoisotopic (exact) mass is 373 g/mol. The predicted molar refractivity (Wildman–Crippen MR) is 92.4 cm³/mol. The molecule has 0 atom stereocenters. The van der Waals surface area contributed by atoms with Crippen LogP contribution in [0.1, 0.15) is 37.0 Å². The van der Waals surface area contributed by atoms with Crippen molar-refractivity contribution in [1.29, 1.82) is 0 Å². The average molecular weight is 373 g/mol. The van der Waals surface area contributed by atoms with Crippen molar-refractivity contribution in [2.45, 2.75) is 45.7 Å². The van der Waals surface area contributed by atoms with Gasteiger partial charge in [0.2, 0.25) is 0 Å². The third-order valence-corrected chi connectivity index (χ3v) is 3.27. The topological polar surface area (TPSA) is 36.4 Å². The number of nitrogens with one attached hydrogen (secondary N) is 2. The van der Waals surface area contributed by atoms with Gasteiger partial charge in [-0.05, 0) is 49.8 Å². The molecular weight excluding hydrogens is 349 g/mol. The van der Waals surface area contributed by atoms with Gasteiger partial charge in [0, 0.05) is 19.6 Å². The number of fused-ring (bicyclic) bond motifs is 1. The Hall–Kier alpha value is -0.780. The summed E-state index contributed by atoms with van der Waals surface area (Å²) in [5, 5.41) is 6.64. The molecule has 0 radical (unpaired) electrons. The van der Waals surface area contributed by atoms with Gasteiger partial charge in [0.1, 0.15) is 0 Å². The zero-order valence-electron chi connectivity index (χ0n) is 12.0. The van der Waals surface area contributed by atoms with Gasteiger partial charge in [-0.1, -0.05) is 18.2 Å². The molecule has 0 amide bonds. The molecule has 0 aliphatic heterocycles. The molecular formula is C15H24IN3. The fraction of sp³-hybridized carbons (Fsp3) is 0.533. The molecule has 0 unspecified atom stereocenters. The van der Waals surface area contributed by atoms with Crippen LogP contribution in [0.3, 0.4) is 0 Å². The van der Waals surface area contributed by atoms with E-state index in [1.54, 1.807) is 7.05 Å². The number of hydrogen-bond donors (Lipinski definition) is 2. The Labute approximate surface area is 133 Å². The van der Waals surface area contributed by atoms with Crippen molar-refractivity contribution in [3.05, 3.63) is 34.9 Å². The van der Waals surface area contributed by atoms with E-state index in [9.17, 15) is 0 Å². The zero-order valence-corrected chi connectivity index (χ0v) is 14.3. The first-order chi connectivity index (χ1) is 8.69. The normalized spacial score (nSPS) is 14.0. The molecule has 0 heterocycles. The lowest BCUT2D eigenvalue weighted by Crippen LogP contribution is -2.40. The Morgan fingerprint density at radius 1 is 1.26 bits per heavy atom. The summed E-state index contributed by atoms with van der Waals surface area (Å²) in [6.07, 6.45) is 3.80. The molecule has 0 saturated carbocycles. The number of aryl methyl sites for hydroxylation is 2. The highest BCUT2D eigenvalue weighted by Crippen LogP contribution is 2.22. The molecule has 1 aromatic carbocycles. The number of halogens is 1. The van der Waals surface area contributed by atoms with E-state index in [-0.39, 0.29) is 24.0 Å². The zero-order chi connectivity index (χ0) is 13.0. The molecule has 3 nitrogen and oxygen atoms in total. The van der Waals surface area contributed by atoms with Gasteiger partial charge in [0.25, 0.3) is 0 Å². The Morgan fingerprint density at radius 2 is 2.00 bits per heavy atom. The largest absolute Gasteiger partial charge is 0.354 e. The lowest BCUT2D eigenvalue weighted by molar-refractivity contribution is 0.699. The van der Waals surface area contributed by atoms with Crippen molar-refractivity contribution >= 4 is 29.9 Å². The van der Waals surface area contributed by atoms with E-state index in [1.807, 2.05) is 0 Å². The lowest BCUT2D eigenvalue weighted by atomic mass is 10.1. The quantitative estimate of drug-likeness (QED) is 0.486. The number of rotatable bonds is 3. The first-order valence-corrected chi connectivity index (χ1v) is 6.77. The van der Waals surface area contributed by atoms with Crippen molar-refractivity contribution in [2.75, 3.05) is 7.05 Å². The smallest absolute Gasteiger partial charge is 0.191 e. The third kappa shape index (κ3) is 4.67. The highest BCUT2D eigenvalue weighted by Gasteiger charge is 2.10. The van der Waals surface area contributed by atoms with E-state index in [1.165, 1.54) is 36.0 Å². The molecule has 1 aromatic rings. The minimum atomic E-state index is 0. The van der Waals surface area contributed by atoms with E-state index in [4.69, 9.17) is 0 Å². The van der Waals surface area contributed by atoms with Gasteiger partial charge in [0.15, 0.2) is 5.96 Å². The minimum absolute atomic E-state index is 0. The first kappa shape index (κ1) is 16.3. The molecule has 0 saturated heterocycles. The number of benzene rings is 1. The molecule has 0 bridgehead atoms. The number of nitrogens with zero attached hydrogens (tertiary/aromatic N) is 1. The van der Waals surface area contributed by atoms with Crippen LogP contribution in [0.4, 0.5) is 0 Å². The van der Waals surface area contributed by atoms with Crippen LogP contribution < -0.4 is 10.6 Å². The second-order valence-electron chi connectivity index (χ2n) is 5.18. The molecule has 0 aromatic heterocycles. The van der Waals surface area contributed by atoms with Gasteiger partial charge in [-0.2, -0.15) is 0 Å². The van der Waals surface area contributed by atoms with Crippen molar-refractivity contribution in [3.8, 4) is 0 Å². The van der Waals surface area contributed by atoms with E-state index < -0.39 is 0 Å². The fourth-order valence-corrected chi connectivity index (χ4v) is 2.39. The summed E-state index contributed by atoms with van der Waals surface area (Å²) in [5.41, 5.74) is 4.40. The Morgan fingerprint density at radius 3 is 2.68 bits per heavy atom. The summed E-state index contributed by atoms with van der Waals surface area (Å²) in [6.45, 7) is 5.06. The maximum Gasteiger partial charge on any atom is 0.191 e. The second kappa shape index (κ2) is 7.72. The molecule has 2 N–H and O–H groups in total. The molecule has 106 valence electrons. The molecule has 0 fully saturated rings. The summed E-state index contributed by atoms with van der Waals surface area (Å²) in [4.78, 5) is 4.21. The number of aliphatic imine (C=N–C) groups is 1. The van der Waals surface area contributed by atoms with E-state index in [0.717, 1.165) is 12.5 Å². The van der Waals surface area contributed by atoms with E-state index in [2.05, 4.69) is 47.7 Å². The molecule has 1 aliphatic rings.